The molecular formula is C19H25ClN4O. The first-order valence-electron chi connectivity index (χ1n) is 8.92. The third kappa shape index (κ3) is 4.22. The van der Waals surface area contributed by atoms with Crippen LogP contribution in [0.25, 0.3) is 11.3 Å². The fourth-order valence-electron chi connectivity index (χ4n) is 3.39. The van der Waals surface area contributed by atoms with Gasteiger partial charge < -0.3 is 10.2 Å². The van der Waals surface area contributed by atoms with Crippen molar-refractivity contribution in [3.05, 3.63) is 42.1 Å². The van der Waals surface area contributed by atoms with Gasteiger partial charge in [-0.25, -0.2) is 0 Å². The molecule has 1 aromatic carbocycles. The van der Waals surface area contributed by atoms with E-state index in [0.717, 1.165) is 49.7 Å². The van der Waals surface area contributed by atoms with Crippen molar-refractivity contribution in [1.82, 2.24) is 20.4 Å². The van der Waals surface area contributed by atoms with Gasteiger partial charge in [0.15, 0.2) is 0 Å². The largest absolute Gasteiger partial charge is 0.338 e. The van der Waals surface area contributed by atoms with Gasteiger partial charge >= 0.3 is 0 Å². The zero-order valence-electron chi connectivity index (χ0n) is 14.3. The standard InChI is InChI=1S/C19H24N4O.ClH/c24-19(17-13-21-22-18(17)15-4-2-1-3-5-15)23-10-8-16(9-11-23)20-12-14-6-7-14;/h1-5,13-14,16,20H,6-12H2,(H,21,22);1H. The van der Waals surface area contributed by atoms with Gasteiger partial charge in [0.05, 0.1) is 17.5 Å². The number of hydrogen-bond acceptors (Lipinski definition) is 3. The lowest BCUT2D eigenvalue weighted by Gasteiger charge is -2.32. The Morgan fingerprint density at radius 3 is 2.56 bits per heavy atom. The van der Waals surface area contributed by atoms with E-state index in [1.807, 2.05) is 35.2 Å². The number of likely N-dealkylation sites (tertiary alicyclic amines) is 1. The monoisotopic (exact) mass is 360 g/mol. The first-order valence-corrected chi connectivity index (χ1v) is 8.92. The summed E-state index contributed by atoms with van der Waals surface area (Å²) in [6.45, 7) is 2.79. The molecule has 2 aromatic rings. The van der Waals surface area contributed by atoms with E-state index in [1.54, 1.807) is 6.20 Å². The lowest BCUT2D eigenvalue weighted by atomic mass is 10.0. The van der Waals surface area contributed by atoms with E-state index in [4.69, 9.17) is 0 Å². The summed E-state index contributed by atoms with van der Waals surface area (Å²) in [6, 6.07) is 10.5. The molecular weight excluding hydrogens is 336 g/mol. The predicted molar refractivity (Wildman–Crippen MR) is 101 cm³/mol. The average molecular weight is 361 g/mol. The first kappa shape index (κ1) is 18.0. The number of nitrogens with zero attached hydrogens (tertiary/aromatic N) is 2. The highest BCUT2D eigenvalue weighted by atomic mass is 35.5. The Morgan fingerprint density at radius 2 is 1.88 bits per heavy atom. The molecule has 0 bridgehead atoms. The number of amides is 1. The van der Waals surface area contributed by atoms with Gasteiger partial charge in [0, 0.05) is 24.7 Å². The van der Waals surface area contributed by atoms with Crippen LogP contribution in [0.4, 0.5) is 0 Å². The first-order chi connectivity index (χ1) is 11.8. The van der Waals surface area contributed by atoms with Crippen LogP contribution in [0, 0.1) is 5.92 Å². The fourth-order valence-corrected chi connectivity index (χ4v) is 3.39. The molecule has 1 amide bonds. The number of hydrogen-bond donors (Lipinski definition) is 2. The van der Waals surface area contributed by atoms with Crippen molar-refractivity contribution in [2.75, 3.05) is 19.6 Å². The quantitative estimate of drug-likeness (QED) is 0.861. The maximum atomic E-state index is 12.9. The second-order valence-electron chi connectivity index (χ2n) is 6.94. The van der Waals surface area contributed by atoms with E-state index in [0.29, 0.717) is 11.6 Å². The molecule has 6 heteroatoms. The van der Waals surface area contributed by atoms with Gasteiger partial charge in [-0.3, -0.25) is 9.89 Å². The summed E-state index contributed by atoms with van der Waals surface area (Å²) < 4.78 is 0. The minimum atomic E-state index is 0. The topological polar surface area (TPSA) is 61.0 Å². The SMILES string of the molecule is Cl.O=C(c1cn[nH]c1-c1ccccc1)N1CCC(NCC2CC2)CC1. The van der Waals surface area contributed by atoms with E-state index in [2.05, 4.69) is 15.5 Å². The molecule has 5 nitrogen and oxygen atoms in total. The van der Waals surface area contributed by atoms with Crippen molar-refractivity contribution in [1.29, 1.82) is 0 Å². The van der Waals surface area contributed by atoms with Crippen LogP contribution < -0.4 is 5.32 Å². The molecule has 1 saturated heterocycles. The van der Waals surface area contributed by atoms with Crippen molar-refractivity contribution in [2.24, 2.45) is 5.92 Å². The zero-order chi connectivity index (χ0) is 16.4. The highest BCUT2D eigenvalue weighted by Gasteiger charge is 2.27. The third-order valence-electron chi connectivity index (χ3n) is 5.11. The average Bonchev–Trinajstić information content (AvgIpc) is 3.34. The van der Waals surface area contributed by atoms with Crippen LogP contribution in [0.1, 0.15) is 36.0 Å². The molecule has 1 saturated carbocycles. The number of aromatic amines is 1. The maximum absolute atomic E-state index is 12.9. The molecule has 2 fully saturated rings. The molecule has 0 spiro atoms. The highest BCUT2D eigenvalue weighted by Crippen LogP contribution is 2.28. The van der Waals surface area contributed by atoms with Crippen molar-refractivity contribution >= 4 is 18.3 Å². The predicted octanol–water partition coefficient (Wildman–Crippen LogP) is 3.10. The van der Waals surface area contributed by atoms with Crippen LogP contribution in [0.3, 0.4) is 0 Å². The zero-order valence-corrected chi connectivity index (χ0v) is 15.1. The van der Waals surface area contributed by atoms with Crippen molar-refractivity contribution in [3.8, 4) is 11.3 Å². The summed E-state index contributed by atoms with van der Waals surface area (Å²) in [5, 5.41) is 10.7. The van der Waals surface area contributed by atoms with Gasteiger partial charge in [0.25, 0.3) is 5.91 Å². The summed E-state index contributed by atoms with van der Waals surface area (Å²) in [5.74, 6) is 0.993. The summed E-state index contributed by atoms with van der Waals surface area (Å²) in [7, 11) is 0. The Labute approximate surface area is 154 Å². The van der Waals surface area contributed by atoms with Crippen LogP contribution in [-0.4, -0.2) is 46.7 Å². The van der Waals surface area contributed by atoms with Crippen LogP contribution in [0.15, 0.2) is 36.5 Å². The van der Waals surface area contributed by atoms with Crippen molar-refractivity contribution < 1.29 is 4.79 Å². The van der Waals surface area contributed by atoms with Gasteiger partial charge in [0.2, 0.25) is 0 Å². The maximum Gasteiger partial charge on any atom is 0.257 e. The van der Waals surface area contributed by atoms with Gasteiger partial charge in [-0.15, -0.1) is 12.4 Å². The number of piperidine rings is 1. The van der Waals surface area contributed by atoms with Gasteiger partial charge in [-0.2, -0.15) is 5.10 Å². The van der Waals surface area contributed by atoms with E-state index >= 15 is 0 Å². The van der Waals surface area contributed by atoms with E-state index < -0.39 is 0 Å². The number of aromatic nitrogens is 2. The third-order valence-corrected chi connectivity index (χ3v) is 5.11. The lowest BCUT2D eigenvalue weighted by molar-refractivity contribution is 0.0706. The van der Waals surface area contributed by atoms with E-state index in [9.17, 15) is 4.79 Å². The summed E-state index contributed by atoms with van der Waals surface area (Å²) in [4.78, 5) is 14.8. The van der Waals surface area contributed by atoms with Gasteiger partial charge in [0.1, 0.15) is 0 Å². The smallest absolute Gasteiger partial charge is 0.257 e. The van der Waals surface area contributed by atoms with Gasteiger partial charge in [-0.1, -0.05) is 30.3 Å². The van der Waals surface area contributed by atoms with Crippen LogP contribution >= 0.6 is 12.4 Å². The number of H-pyrrole nitrogens is 1. The summed E-state index contributed by atoms with van der Waals surface area (Å²) >= 11 is 0. The minimum Gasteiger partial charge on any atom is -0.338 e. The van der Waals surface area contributed by atoms with E-state index in [-0.39, 0.29) is 18.3 Å². The molecule has 1 aromatic heterocycles. The normalized spacial score (nSPS) is 18.0. The molecule has 25 heavy (non-hydrogen) atoms. The number of nitrogens with one attached hydrogen (secondary N) is 2. The second-order valence-corrected chi connectivity index (χ2v) is 6.94. The molecule has 134 valence electrons. The molecule has 0 unspecified atom stereocenters. The number of carbonyl (C=O) groups excluding carboxylic acids is 1. The summed E-state index contributed by atoms with van der Waals surface area (Å²) in [6.07, 6.45) is 6.50. The Balaban J connectivity index is 0.00000182. The molecule has 2 aliphatic rings. The molecule has 2 N–H and O–H groups in total. The van der Waals surface area contributed by atoms with Crippen LogP contribution in [0.5, 0.6) is 0 Å². The molecule has 2 heterocycles. The highest BCUT2D eigenvalue weighted by molar-refractivity contribution is 5.99. The Hall–Kier alpha value is -1.85. The second kappa shape index (κ2) is 8.02. The fraction of sp³-hybridized carbons (Fsp3) is 0.474. The van der Waals surface area contributed by atoms with E-state index in [1.165, 1.54) is 12.8 Å². The number of halogens is 1. The molecule has 1 aliphatic carbocycles. The minimum absolute atomic E-state index is 0. The van der Waals surface area contributed by atoms with Crippen LogP contribution in [-0.2, 0) is 0 Å². The Morgan fingerprint density at radius 1 is 1.16 bits per heavy atom. The molecule has 1 aliphatic heterocycles. The number of benzene rings is 1. The summed E-state index contributed by atoms with van der Waals surface area (Å²) in [5.41, 5.74) is 2.49. The van der Waals surface area contributed by atoms with Crippen molar-refractivity contribution in [3.63, 3.8) is 0 Å². The van der Waals surface area contributed by atoms with Crippen molar-refractivity contribution in [2.45, 2.75) is 31.7 Å². The Kier molecular flexibility index (Phi) is 5.76. The van der Waals surface area contributed by atoms with Gasteiger partial charge in [-0.05, 0) is 38.1 Å². The molecule has 4 rings (SSSR count). The Bertz CT molecular complexity index is 690. The lowest BCUT2D eigenvalue weighted by Crippen LogP contribution is -2.45. The number of carbonyl (C=O) groups is 1. The number of rotatable bonds is 5. The molecule has 0 atom stereocenters. The molecule has 0 radical (unpaired) electrons. The van der Waals surface area contributed by atoms with Crippen LogP contribution in [0.2, 0.25) is 0 Å².